The van der Waals surface area contributed by atoms with E-state index in [9.17, 15) is 19.8 Å². The Bertz CT molecular complexity index is 922. The highest BCUT2D eigenvalue weighted by Crippen LogP contribution is 2.41. The molecule has 1 aromatic heterocycles. The molecule has 0 radical (unpaired) electrons. The maximum atomic E-state index is 12.8. The van der Waals surface area contributed by atoms with Gasteiger partial charge in [-0.25, -0.2) is 4.68 Å². The molecule has 31 heavy (non-hydrogen) atoms. The Hall–Kier alpha value is -2.71. The molecule has 2 amide bonds. The fraction of sp³-hybridized carbons (Fsp3) is 0.522. The lowest BCUT2D eigenvalue weighted by atomic mass is 9.86. The van der Waals surface area contributed by atoms with Gasteiger partial charge in [-0.05, 0) is 56.4 Å². The highest BCUT2D eigenvalue weighted by atomic mass is 16.3. The second-order valence-corrected chi connectivity index (χ2v) is 9.74. The second kappa shape index (κ2) is 8.43. The molecule has 2 heterocycles. The summed E-state index contributed by atoms with van der Waals surface area (Å²) in [6.07, 6.45) is 0.624. The van der Waals surface area contributed by atoms with Crippen LogP contribution in [0.3, 0.4) is 0 Å². The van der Waals surface area contributed by atoms with Gasteiger partial charge in [-0.1, -0.05) is 26.0 Å². The summed E-state index contributed by atoms with van der Waals surface area (Å²) in [5.41, 5.74) is 1.15. The highest BCUT2D eigenvalue weighted by molar-refractivity contribution is 5.91. The monoisotopic (exact) mass is 428 g/mol. The second-order valence-electron chi connectivity index (χ2n) is 9.74. The topological polar surface area (TPSA) is 108 Å². The number of nitrogens with zero attached hydrogens (tertiary/aromatic N) is 3. The molecule has 2 aromatic rings. The van der Waals surface area contributed by atoms with Gasteiger partial charge >= 0.3 is 0 Å². The van der Waals surface area contributed by atoms with E-state index < -0.39 is 35.6 Å². The van der Waals surface area contributed by atoms with Crippen LogP contribution in [-0.2, 0) is 9.59 Å². The van der Waals surface area contributed by atoms with Crippen molar-refractivity contribution < 1.29 is 19.8 Å². The molecule has 1 saturated heterocycles. The number of amides is 2. The van der Waals surface area contributed by atoms with Crippen molar-refractivity contribution >= 4 is 11.8 Å². The third-order valence-electron chi connectivity index (χ3n) is 5.84. The lowest BCUT2D eigenvalue weighted by Gasteiger charge is -2.34. The summed E-state index contributed by atoms with van der Waals surface area (Å²) < 4.78 is 1.72. The van der Waals surface area contributed by atoms with Crippen molar-refractivity contribution in [1.29, 1.82) is 0 Å². The van der Waals surface area contributed by atoms with Crippen molar-refractivity contribution in [3.63, 3.8) is 0 Å². The lowest BCUT2D eigenvalue weighted by molar-refractivity contribution is -0.156. The van der Waals surface area contributed by atoms with E-state index in [1.807, 2.05) is 50.4 Å². The number of likely N-dealkylation sites (tertiary alicyclic amines) is 1. The predicted molar refractivity (Wildman–Crippen MR) is 116 cm³/mol. The van der Waals surface area contributed by atoms with Gasteiger partial charge < -0.3 is 20.4 Å². The SMILES string of the molecule is C[C@@H](NC(=O)[C@H](O)[C@@H](O)C(=O)N1CC(C)(C)CC1(C)C)c1ccc(-n2cccn2)cc1. The quantitative estimate of drug-likeness (QED) is 0.650. The minimum absolute atomic E-state index is 0.0943. The largest absolute Gasteiger partial charge is 0.380 e. The summed E-state index contributed by atoms with van der Waals surface area (Å²) in [4.78, 5) is 26.9. The van der Waals surface area contributed by atoms with E-state index in [4.69, 9.17) is 0 Å². The Labute approximate surface area is 182 Å². The van der Waals surface area contributed by atoms with E-state index in [0.29, 0.717) is 6.54 Å². The average molecular weight is 429 g/mol. The van der Waals surface area contributed by atoms with E-state index in [1.165, 1.54) is 0 Å². The Kier molecular flexibility index (Phi) is 6.25. The van der Waals surface area contributed by atoms with Gasteiger partial charge in [-0.15, -0.1) is 0 Å². The molecule has 1 aliphatic rings. The zero-order valence-corrected chi connectivity index (χ0v) is 18.7. The first-order valence-corrected chi connectivity index (χ1v) is 10.5. The van der Waals surface area contributed by atoms with Crippen LogP contribution in [0, 0.1) is 5.41 Å². The summed E-state index contributed by atoms with van der Waals surface area (Å²) in [5, 5.41) is 27.6. The summed E-state index contributed by atoms with van der Waals surface area (Å²) >= 11 is 0. The van der Waals surface area contributed by atoms with Gasteiger partial charge in [-0.2, -0.15) is 5.10 Å². The van der Waals surface area contributed by atoms with Crippen molar-refractivity contribution in [1.82, 2.24) is 20.0 Å². The van der Waals surface area contributed by atoms with E-state index in [1.54, 1.807) is 22.7 Å². The molecule has 168 valence electrons. The zero-order valence-electron chi connectivity index (χ0n) is 18.7. The van der Waals surface area contributed by atoms with Gasteiger partial charge in [-0.3, -0.25) is 9.59 Å². The molecule has 0 spiro atoms. The number of aliphatic hydroxyl groups excluding tert-OH is 2. The minimum atomic E-state index is -1.85. The van der Waals surface area contributed by atoms with Crippen molar-refractivity contribution in [2.24, 2.45) is 5.41 Å². The minimum Gasteiger partial charge on any atom is -0.380 e. The summed E-state index contributed by atoms with van der Waals surface area (Å²) in [7, 11) is 0. The van der Waals surface area contributed by atoms with Crippen molar-refractivity contribution in [2.75, 3.05) is 6.54 Å². The summed E-state index contributed by atoms with van der Waals surface area (Å²) in [5.74, 6) is -1.42. The maximum absolute atomic E-state index is 12.8. The van der Waals surface area contributed by atoms with Crippen LogP contribution in [0.5, 0.6) is 0 Å². The molecule has 3 rings (SSSR count). The number of benzene rings is 1. The van der Waals surface area contributed by atoms with Crippen molar-refractivity contribution in [3.05, 3.63) is 48.3 Å². The van der Waals surface area contributed by atoms with Crippen LogP contribution in [-0.4, -0.2) is 61.0 Å². The van der Waals surface area contributed by atoms with E-state index in [0.717, 1.165) is 17.7 Å². The molecule has 1 fully saturated rings. The molecular formula is C23H32N4O4. The molecule has 1 aliphatic heterocycles. The molecule has 0 unspecified atom stereocenters. The average Bonchev–Trinajstić information content (AvgIpc) is 3.31. The van der Waals surface area contributed by atoms with Gasteiger partial charge in [0.2, 0.25) is 0 Å². The van der Waals surface area contributed by atoms with Crippen LogP contribution in [0.1, 0.15) is 52.6 Å². The van der Waals surface area contributed by atoms with Crippen LogP contribution < -0.4 is 5.32 Å². The lowest BCUT2D eigenvalue weighted by Crippen LogP contribution is -2.54. The van der Waals surface area contributed by atoms with E-state index in [-0.39, 0.29) is 5.41 Å². The Morgan fingerprint density at radius 2 is 1.74 bits per heavy atom. The van der Waals surface area contributed by atoms with Crippen molar-refractivity contribution in [3.8, 4) is 5.69 Å². The standard InChI is InChI=1S/C23H32N4O4/c1-15(16-7-9-17(10-8-16)27-12-6-11-24-27)25-20(30)18(28)19(29)21(31)26-14-22(2,3)13-23(26,4)5/h6-12,15,18-19,28-29H,13-14H2,1-5H3,(H,25,30)/t15-,18-,19-/m1/s1. The van der Waals surface area contributed by atoms with Crippen LogP contribution in [0.25, 0.3) is 5.69 Å². The molecule has 1 aromatic carbocycles. The molecule has 0 aliphatic carbocycles. The number of carbonyl (C=O) groups excluding carboxylic acids is 2. The first-order valence-electron chi connectivity index (χ1n) is 10.5. The Morgan fingerprint density at radius 1 is 1.10 bits per heavy atom. The normalized spacial score (nSPS) is 20.2. The fourth-order valence-corrected chi connectivity index (χ4v) is 4.50. The van der Waals surface area contributed by atoms with Gasteiger partial charge in [0.25, 0.3) is 11.8 Å². The van der Waals surface area contributed by atoms with Crippen molar-refractivity contribution in [2.45, 2.75) is 64.8 Å². The number of hydrogen-bond donors (Lipinski definition) is 3. The smallest absolute Gasteiger partial charge is 0.255 e. The zero-order chi connectivity index (χ0) is 23.0. The van der Waals surface area contributed by atoms with Crippen LogP contribution in [0.15, 0.2) is 42.7 Å². The predicted octanol–water partition coefficient (Wildman–Crippen LogP) is 1.81. The molecule has 3 N–H and O–H groups in total. The third-order valence-corrected chi connectivity index (χ3v) is 5.84. The first-order chi connectivity index (χ1) is 14.4. The van der Waals surface area contributed by atoms with Gasteiger partial charge in [0.15, 0.2) is 12.2 Å². The molecular weight excluding hydrogens is 396 g/mol. The van der Waals surface area contributed by atoms with Crippen LogP contribution in [0.4, 0.5) is 0 Å². The van der Waals surface area contributed by atoms with Gasteiger partial charge in [0.05, 0.1) is 11.7 Å². The number of rotatable bonds is 6. The number of nitrogens with one attached hydrogen (secondary N) is 1. The number of hydrogen-bond acceptors (Lipinski definition) is 5. The highest BCUT2D eigenvalue weighted by Gasteiger charge is 2.48. The fourth-order valence-electron chi connectivity index (χ4n) is 4.50. The maximum Gasteiger partial charge on any atom is 0.255 e. The van der Waals surface area contributed by atoms with Crippen LogP contribution in [0.2, 0.25) is 0 Å². The molecule has 0 bridgehead atoms. The van der Waals surface area contributed by atoms with Crippen LogP contribution >= 0.6 is 0 Å². The van der Waals surface area contributed by atoms with E-state index >= 15 is 0 Å². The Morgan fingerprint density at radius 3 is 2.26 bits per heavy atom. The molecule has 0 saturated carbocycles. The first kappa shape index (κ1) is 23.0. The molecule has 8 heteroatoms. The number of aromatic nitrogens is 2. The summed E-state index contributed by atoms with van der Waals surface area (Å²) in [6.45, 7) is 10.2. The van der Waals surface area contributed by atoms with Gasteiger partial charge in [0.1, 0.15) is 0 Å². The van der Waals surface area contributed by atoms with E-state index in [2.05, 4.69) is 24.3 Å². The van der Waals surface area contributed by atoms with Gasteiger partial charge in [0, 0.05) is 24.5 Å². The number of aliphatic hydroxyl groups is 2. The molecule has 3 atom stereocenters. The third kappa shape index (κ3) is 4.97. The summed E-state index contributed by atoms with van der Waals surface area (Å²) in [6, 6.07) is 8.86. The number of carbonyl (C=O) groups is 2. The molecule has 8 nitrogen and oxygen atoms in total. The Balaban J connectivity index is 1.62.